The van der Waals surface area contributed by atoms with Crippen LogP contribution in [0.3, 0.4) is 0 Å². The van der Waals surface area contributed by atoms with Gasteiger partial charge < -0.3 is 15.4 Å². The Morgan fingerprint density at radius 3 is 2.82 bits per heavy atom. The first-order valence-corrected chi connectivity index (χ1v) is 6.21. The molecule has 2 N–H and O–H groups in total. The number of para-hydroxylation sites is 1. The average Bonchev–Trinajstić information content (AvgIpc) is 2.27. The van der Waals surface area contributed by atoms with E-state index in [1.54, 1.807) is 0 Å². The van der Waals surface area contributed by atoms with E-state index in [0.717, 1.165) is 19.7 Å². The highest BCUT2D eigenvalue weighted by molar-refractivity contribution is 5.59. The number of anilines is 1. The Bertz CT molecular complexity index is 401. The summed E-state index contributed by atoms with van der Waals surface area (Å²) in [6.45, 7) is 9.67. The quantitative estimate of drug-likeness (QED) is 0.851. The van der Waals surface area contributed by atoms with Crippen molar-refractivity contribution in [3.8, 4) is 0 Å². The molecule has 1 aromatic rings. The van der Waals surface area contributed by atoms with E-state index in [1.165, 1.54) is 16.8 Å². The van der Waals surface area contributed by atoms with Crippen molar-refractivity contribution < 1.29 is 4.74 Å². The Morgan fingerprint density at radius 1 is 1.41 bits per heavy atom. The van der Waals surface area contributed by atoms with E-state index in [2.05, 4.69) is 43.9 Å². The maximum Gasteiger partial charge on any atom is 0.0801 e. The smallest absolute Gasteiger partial charge is 0.0801 e. The van der Waals surface area contributed by atoms with Crippen LogP contribution in [0.4, 0.5) is 5.69 Å². The molecule has 0 atom stereocenters. The van der Waals surface area contributed by atoms with Crippen molar-refractivity contribution in [1.29, 1.82) is 0 Å². The largest absolute Gasteiger partial charge is 0.372 e. The normalized spacial score (nSPS) is 19.4. The molecule has 17 heavy (non-hydrogen) atoms. The number of hydrogen-bond acceptors (Lipinski definition) is 3. The molecule has 1 aliphatic rings. The van der Waals surface area contributed by atoms with Gasteiger partial charge in [-0.25, -0.2) is 0 Å². The fourth-order valence-corrected chi connectivity index (χ4v) is 2.54. The molecule has 1 aromatic carbocycles. The zero-order chi connectivity index (χ0) is 12.5. The van der Waals surface area contributed by atoms with E-state index < -0.39 is 0 Å². The minimum absolute atomic E-state index is 0.0770. The van der Waals surface area contributed by atoms with Gasteiger partial charge in [0.05, 0.1) is 12.2 Å². The molecule has 3 nitrogen and oxygen atoms in total. The number of ether oxygens (including phenoxy) is 1. The summed E-state index contributed by atoms with van der Waals surface area (Å²) in [4.78, 5) is 2.40. The number of nitrogens with two attached hydrogens (primary N) is 1. The number of morpholine rings is 1. The van der Waals surface area contributed by atoms with Crippen molar-refractivity contribution in [3.63, 3.8) is 0 Å². The molecule has 1 aliphatic heterocycles. The lowest BCUT2D eigenvalue weighted by Crippen LogP contribution is -2.48. The van der Waals surface area contributed by atoms with E-state index in [-0.39, 0.29) is 5.60 Å². The summed E-state index contributed by atoms with van der Waals surface area (Å²) in [5.41, 5.74) is 9.58. The number of benzene rings is 1. The summed E-state index contributed by atoms with van der Waals surface area (Å²) in [7, 11) is 0. The van der Waals surface area contributed by atoms with Gasteiger partial charge in [0.2, 0.25) is 0 Å². The third-order valence-electron chi connectivity index (χ3n) is 3.28. The fourth-order valence-electron chi connectivity index (χ4n) is 2.54. The van der Waals surface area contributed by atoms with Gasteiger partial charge in [0.25, 0.3) is 0 Å². The molecule has 1 fully saturated rings. The maximum absolute atomic E-state index is 5.84. The summed E-state index contributed by atoms with van der Waals surface area (Å²) in [6, 6.07) is 6.34. The van der Waals surface area contributed by atoms with Crippen LogP contribution in [0, 0.1) is 6.92 Å². The molecule has 0 spiro atoms. The standard InChI is InChI=1S/C14H22N2O/c1-11-5-4-6-12(9-15)13(11)16-7-8-17-14(2,3)10-16/h4-6H,7-10,15H2,1-3H3. The Kier molecular flexibility index (Phi) is 3.40. The van der Waals surface area contributed by atoms with E-state index in [0.29, 0.717) is 6.54 Å². The van der Waals surface area contributed by atoms with Crippen LogP contribution >= 0.6 is 0 Å². The predicted molar refractivity (Wildman–Crippen MR) is 71.3 cm³/mol. The van der Waals surface area contributed by atoms with Gasteiger partial charge in [0.15, 0.2) is 0 Å². The fraction of sp³-hybridized carbons (Fsp3) is 0.571. The minimum atomic E-state index is -0.0770. The van der Waals surface area contributed by atoms with Gasteiger partial charge in [-0.2, -0.15) is 0 Å². The zero-order valence-corrected chi connectivity index (χ0v) is 11.0. The van der Waals surface area contributed by atoms with Crippen molar-refractivity contribution in [2.75, 3.05) is 24.6 Å². The second kappa shape index (κ2) is 4.67. The van der Waals surface area contributed by atoms with Crippen LogP contribution < -0.4 is 10.6 Å². The molecule has 2 rings (SSSR count). The second-order valence-corrected chi connectivity index (χ2v) is 5.32. The summed E-state index contributed by atoms with van der Waals surface area (Å²) in [5, 5.41) is 0. The maximum atomic E-state index is 5.84. The third kappa shape index (κ3) is 2.61. The molecule has 0 bridgehead atoms. The van der Waals surface area contributed by atoms with Crippen LogP contribution in [0.5, 0.6) is 0 Å². The number of rotatable bonds is 2. The summed E-state index contributed by atoms with van der Waals surface area (Å²) >= 11 is 0. The van der Waals surface area contributed by atoms with Crippen LogP contribution in [0.1, 0.15) is 25.0 Å². The van der Waals surface area contributed by atoms with Crippen molar-refractivity contribution in [1.82, 2.24) is 0 Å². The monoisotopic (exact) mass is 234 g/mol. The molecular weight excluding hydrogens is 212 g/mol. The topological polar surface area (TPSA) is 38.5 Å². The lowest BCUT2D eigenvalue weighted by molar-refractivity contribution is -0.0277. The molecular formula is C14H22N2O. The molecule has 0 aliphatic carbocycles. The van der Waals surface area contributed by atoms with E-state index >= 15 is 0 Å². The molecule has 0 saturated carbocycles. The molecule has 0 amide bonds. The van der Waals surface area contributed by atoms with Gasteiger partial charge >= 0.3 is 0 Å². The minimum Gasteiger partial charge on any atom is -0.372 e. The van der Waals surface area contributed by atoms with Gasteiger partial charge in [0, 0.05) is 25.3 Å². The predicted octanol–water partition coefficient (Wildman–Crippen LogP) is 2.07. The molecule has 0 aromatic heterocycles. The van der Waals surface area contributed by atoms with E-state index in [9.17, 15) is 0 Å². The first-order valence-electron chi connectivity index (χ1n) is 6.21. The van der Waals surface area contributed by atoms with Crippen LogP contribution in [-0.2, 0) is 11.3 Å². The number of hydrogen-bond donors (Lipinski definition) is 1. The van der Waals surface area contributed by atoms with Gasteiger partial charge in [-0.3, -0.25) is 0 Å². The molecule has 1 saturated heterocycles. The average molecular weight is 234 g/mol. The van der Waals surface area contributed by atoms with Gasteiger partial charge in [-0.1, -0.05) is 18.2 Å². The number of aryl methyl sites for hydroxylation is 1. The van der Waals surface area contributed by atoms with Crippen molar-refractivity contribution in [2.24, 2.45) is 5.73 Å². The van der Waals surface area contributed by atoms with Gasteiger partial charge in [-0.05, 0) is 31.9 Å². The van der Waals surface area contributed by atoms with Crippen LogP contribution in [-0.4, -0.2) is 25.3 Å². The van der Waals surface area contributed by atoms with E-state index in [4.69, 9.17) is 10.5 Å². The van der Waals surface area contributed by atoms with Crippen molar-refractivity contribution in [3.05, 3.63) is 29.3 Å². The molecule has 3 heteroatoms. The first-order chi connectivity index (χ1) is 8.03. The molecule has 94 valence electrons. The molecule has 0 unspecified atom stereocenters. The summed E-state index contributed by atoms with van der Waals surface area (Å²) in [6.07, 6.45) is 0. The lowest BCUT2D eigenvalue weighted by Gasteiger charge is -2.40. The summed E-state index contributed by atoms with van der Waals surface area (Å²) in [5.74, 6) is 0. The van der Waals surface area contributed by atoms with E-state index in [1.807, 2.05) is 0 Å². The van der Waals surface area contributed by atoms with Crippen molar-refractivity contribution in [2.45, 2.75) is 32.9 Å². The Balaban J connectivity index is 2.33. The second-order valence-electron chi connectivity index (χ2n) is 5.32. The third-order valence-corrected chi connectivity index (χ3v) is 3.28. The van der Waals surface area contributed by atoms with Crippen LogP contribution in [0.2, 0.25) is 0 Å². The van der Waals surface area contributed by atoms with Crippen LogP contribution in [0.25, 0.3) is 0 Å². The highest BCUT2D eigenvalue weighted by Gasteiger charge is 2.28. The van der Waals surface area contributed by atoms with Gasteiger partial charge in [-0.15, -0.1) is 0 Å². The van der Waals surface area contributed by atoms with Crippen molar-refractivity contribution >= 4 is 5.69 Å². The number of nitrogens with zero attached hydrogens (tertiary/aromatic N) is 1. The molecule has 1 heterocycles. The molecule has 0 radical (unpaired) electrons. The lowest BCUT2D eigenvalue weighted by atomic mass is 10.0. The van der Waals surface area contributed by atoms with Crippen LogP contribution in [0.15, 0.2) is 18.2 Å². The Labute approximate surface area is 104 Å². The Morgan fingerprint density at radius 2 is 2.18 bits per heavy atom. The first kappa shape index (κ1) is 12.4. The zero-order valence-electron chi connectivity index (χ0n) is 11.0. The highest BCUT2D eigenvalue weighted by Crippen LogP contribution is 2.29. The SMILES string of the molecule is Cc1cccc(CN)c1N1CCOC(C)(C)C1. The van der Waals surface area contributed by atoms with Gasteiger partial charge in [0.1, 0.15) is 0 Å². The Hall–Kier alpha value is -1.06. The highest BCUT2D eigenvalue weighted by atomic mass is 16.5. The summed E-state index contributed by atoms with van der Waals surface area (Å²) < 4.78 is 5.76.